The van der Waals surface area contributed by atoms with Crippen LogP contribution in [0.15, 0.2) is 109 Å². The number of nitro benzene ring substituents is 2. The molecule has 6 aromatic rings. The number of non-ortho nitro benzene ring substituents is 2. The quantitative estimate of drug-likeness (QED) is 0.0668. The van der Waals surface area contributed by atoms with Gasteiger partial charge in [-0.15, -0.1) is 0 Å². The molecule has 0 amide bonds. The summed E-state index contributed by atoms with van der Waals surface area (Å²) in [5.41, 5.74) is 1.62. The van der Waals surface area contributed by atoms with Crippen molar-refractivity contribution >= 4 is 63.6 Å². The minimum absolute atomic E-state index is 0.00396. The summed E-state index contributed by atoms with van der Waals surface area (Å²) < 4.78 is 48.3. The average molecular weight is 858 g/mol. The SMILES string of the molecule is COc1ccc(Oc2c(Cl)cc([N+](=O)[O-])cc2Cl)cc1C(=O)c1ccc(F)cc1.COc1ccc(Oc2c(Cl)cc([N+](=O)[O-])cc2Cl)cc1Cc1ccc(F)cc1. The van der Waals surface area contributed by atoms with Crippen molar-refractivity contribution in [1.82, 2.24) is 0 Å². The molecule has 11 nitrogen and oxygen atoms in total. The van der Waals surface area contributed by atoms with Gasteiger partial charge in [0.15, 0.2) is 17.3 Å². The van der Waals surface area contributed by atoms with E-state index < -0.39 is 21.4 Å². The average Bonchev–Trinajstić information content (AvgIpc) is 3.18. The number of hydrogen-bond donors (Lipinski definition) is 0. The Kier molecular flexibility index (Phi) is 13.9. The van der Waals surface area contributed by atoms with Gasteiger partial charge in [0.05, 0.1) is 49.7 Å². The van der Waals surface area contributed by atoms with Crippen LogP contribution < -0.4 is 18.9 Å². The van der Waals surface area contributed by atoms with Gasteiger partial charge in [-0.2, -0.15) is 0 Å². The number of halogens is 6. The molecule has 0 spiro atoms. The van der Waals surface area contributed by atoms with Crippen molar-refractivity contribution in [1.29, 1.82) is 0 Å². The highest BCUT2D eigenvalue weighted by molar-refractivity contribution is 6.38. The van der Waals surface area contributed by atoms with E-state index in [4.69, 9.17) is 65.4 Å². The molecule has 0 saturated carbocycles. The van der Waals surface area contributed by atoms with Crippen molar-refractivity contribution in [2.75, 3.05) is 14.2 Å². The third-order valence-electron chi connectivity index (χ3n) is 7.91. The second-order valence-electron chi connectivity index (χ2n) is 11.7. The highest BCUT2D eigenvalue weighted by atomic mass is 35.5. The number of benzene rings is 6. The van der Waals surface area contributed by atoms with E-state index in [1.807, 2.05) is 0 Å². The van der Waals surface area contributed by atoms with Gasteiger partial charge in [-0.25, -0.2) is 8.78 Å². The fraction of sp³-hybridized carbons (Fsp3) is 0.0750. The maximum absolute atomic E-state index is 13.1. The Hall–Kier alpha value is -5.99. The van der Waals surface area contributed by atoms with E-state index in [0.717, 1.165) is 23.3 Å². The van der Waals surface area contributed by atoms with Crippen molar-refractivity contribution in [3.8, 4) is 34.5 Å². The first-order chi connectivity index (χ1) is 27.2. The molecule has 0 radical (unpaired) electrons. The zero-order valence-corrected chi connectivity index (χ0v) is 32.5. The zero-order chi connectivity index (χ0) is 41.4. The first-order valence-electron chi connectivity index (χ1n) is 16.2. The number of carbonyl (C=O) groups excluding carboxylic acids is 1. The van der Waals surface area contributed by atoms with E-state index >= 15 is 0 Å². The van der Waals surface area contributed by atoms with Crippen molar-refractivity contribution in [2.45, 2.75) is 6.42 Å². The molecule has 6 aromatic carbocycles. The van der Waals surface area contributed by atoms with Gasteiger partial charge in [0.2, 0.25) is 0 Å². The van der Waals surface area contributed by atoms with Gasteiger partial charge in [0.1, 0.15) is 34.6 Å². The van der Waals surface area contributed by atoms with Gasteiger partial charge >= 0.3 is 0 Å². The number of carbonyl (C=O) groups is 1. The molecule has 0 bridgehead atoms. The summed E-state index contributed by atoms with van der Waals surface area (Å²) in [4.78, 5) is 33.4. The fourth-order valence-corrected chi connectivity index (χ4v) is 6.30. The van der Waals surface area contributed by atoms with Crippen LogP contribution in [0.1, 0.15) is 27.0 Å². The molecule has 6 rings (SSSR count). The van der Waals surface area contributed by atoms with Crippen LogP contribution in [0.5, 0.6) is 34.5 Å². The number of methoxy groups -OCH3 is 2. The predicted molar refractivity (Wildman–Crippen MR) is 211 cm³/mol. The van der Waals surface area contributed by atoms with Crippen molar-refractivity contribution in [3.05, 3.63) is 183 Å². The molecule has 0 atom stereocenters. The smallest absolute Gasteiger partial charge is 0.272 e. The molecular formula is C40H26Cl4F2N2O9. The first kappa shape index (κ1) is 42.2. The van der Waals surface area contributed by atoms with E-state index in [1.54, 1.807) is 37.4 Å². The molecule has 0 aromatic heterocycles. The number of nitro groups is 2. The number of hydrogen-bond acceptors (Lipinski definition) is 9. The number of ketones is 1. The van der Waals surface area contributed by atoms with E-state index in [1.165, 1.54) is 73.8 Å². The summed E-state index contributed by atoms with van der Waals surface area (Å²) in [6.07, 6.45) is 0.488. The van der Waals surface area contributed by atoms with Gasteiger partial charge in [-0.3, -0.25) is 25.0 Å². The minimum atomic E-state index is -0.631. The molecule has 0 heterocycles. The third kappa shape index (κ3) is 10.7. The minimum Gasteiger partial charge on any atom is -0.496 e. The van der Waals surface area contributed by atoms with Gasteiger partial charge in [-0.1, -0.05) is 58.5 Å². The molecule has 0 saturated heterocycles. The van der Waals surface area contributed by atoms with Crippen molar-refractivity contribution < 1.29 is 42.4 Å². The Morgan fingerprint density at radius 2 is 1.02 bits per heavy atom. The summed E-state index contributed by atoms with van der Waals surface area (Å²) in [6, 6.07) is 25.4. The second-order valence-corrected chi connectivity index (χ2v) is 13.3. The predicted octanol–water partition coefficient (Wildman–Crippen LogP) is 12.5. The molecule has 0 unspecified atom stereocenters. The van der Waals surface area contributed by atoms with Crippen LogP contribution in [0, 0.1) is 31.9 Å². The fourth-order valence-electron chi connectivity index (χ4n) is 5.20. The number of nitrogens with zero attached hydrogens (tertiary/aromatic N) is 2. The Morgan fingerprint density at radius 1 is 0.596 bits per heavy atom. The molecule has 17 heteroatoms. The maximum atomic E-state index is 13.1. The van der Waals surface area contributed by atoms with Crippen LogP contribution in [0.3, 0.4) is 0 Å². The van der Waals surface area contributed by atoms with Crippen LogP contribution in [-0.4, -0.2) is 29.8 Å². The van der Waals surface area contributed by atoms with E-state index in [0.29, 0.717) is 17.9 Å². The third-order valence-corrected chi connectivity index (χ3v) is 9.03. The Labute approximate surface area is 343 Å². The van der Waals surface area contributed by atoms with E-state index in [9.17, 15) is 33.8 Å². The standard InChI is InChI=1S/C20H12Cl2FNO5.C20H14Cl2FNO4/c1-28-18-7-6-14(10-15(18)19(25)11-2-4-12(23)5-3-11)29-20-16(21)8-13(24(26)27)9-17(20)22;1-27-19-7-6-16(9-13(19)8-12-2-4-14(23)5-3-12)28-20-17(21)10-15(24(25)26)11-18(20)22/h2-10H,1H3;2-7,9-11H,8H2,1H3. The van der Waals surface area contributed by atoms with Crippen LogP contribution in [0.4, 0.5) is 20.2 Å². The van der Waals surface area contributed by atoms with Gasteiger partial charge < -0.3 is 18.9 Å². The Balaban J connectivity index is 0.000000218. The molecule has 0 aliphatic carbocycles. The largest absolute Gasteiger partial charge is 0.496 e. The van der Waals surface area contributed by atoms with Gasteiger partial charge in [0, 0.05) is 41.8 Å². The Morgan fingerprint density at radius 3 is 1.46 bits per heavy atom. The topological polar surface area (TPSA) is 140 Å². The number of rotatable bonds is 12. The van der Waals surface area contributed by atoms with Crippen molar-refractivity contribution in [3.63, 3.8) is 0 Å². The van der Waals surface area contributed by atoms with Crippen LogP contribution in [0.25, 0.3) is 0 Å². The second kappa shape index (κ2) is 18.8. The highest BCUT2D eigenvalue weighted by Gasteiger charge is 2.21. The summed E-state index contributed by atoms with van der Waals surface area (Å²) in [5, 5.41) is 21.7. The highest BCUT2D eigenvalue weighted by Crippen LogP contribution is 2.42. The van der Waals surface area contributed by atoms with Crippen LogP contribution in [-0.2, 0) is 6.42 Å². The van der Waals surface area contributed by atoms with Gasteiger partial charge in [0.25, 0.3) is 11.4 Å². The lowest BCUT2D eigenvalue weighted by Gasteiger charge is -2.13. The molecule has 57 heavy (non-hydrogen) atoms. The summed E-state index contributed by atoms with van der Waals surface area (Å²) >= 11 is 24.3. The monoisotopic (exact) mass is 856 g/mol. The van der Waals surface area contributed by atoms with Crippen molar-refractivity contribution in [2.24, 2.45) is 0 Å². The Bertz CT molecular complexity index is 2420. The molecule has 0 fully saturated rings. The van der Waals surface area contributed by atoms with E-state index in [2.05, 4.69) is 0 Å². The zero-order valence-electron chi connectivity index (χ0n) is 29.4. The molecule has 0 aliphatic heterocycles. The van der Waals surface area contributed by atoms with Crippen LogP contribution in [0.2, 0.25) is 20.1 Å². The van der Waals surface area contributed by atoms with Gasteiger partial charge in [-0.05, 0) is 78.4 Å². The number of ether oxygens (including phenoxy) is 4. The summed E-state index contributed by atoms with van der Waals surface area (Å²) in [6.45, 7) is 0. The first-order valence-corrected chi connectivity index (χ1v) is 17.7. The molecule has 292 valence electrons. The normalized spacial score (nSPS) is 10.5. The van der Waals surface area contributed by atoms with Crippen LogP contribution >= 0.6 is 46.4 Å². The lowest BCUT2D eigenvalue weighted by atomic mass is 10.0. The molecule has 0 aliphatic rings. The molecule has 0 N–H and O–H groups in total. The summed E-state index contributed by atoms with van der Waals surface area (Å²) in [5.74, 6) is 0.488. The lowest BCUT2D eigenvalue weighted by molar-refractivity contribution is -0.385. The lowest BCUT2D eigenvalue weighted by Crippen LogP contribution is -2.04. The van der Waals surface area contributed by atoms with E-state index in [-0.39, 0.29) is 71.4 Å². The maximum Gasteiger partial charge on any atom is 0.272 e. The summed E-state index contributed by atoms with van der Waals surface area (Å²) in [7, 11) is 2.95. The molecular weight excluding hydrogens is 832 g/mol.